The number of benzene rings is 1. The van der Waals surface area contributed by atoms with E-state index in [4.69, 9.17) is 5.26 Å². The van der Waals surface area contributed by atoms with Gasteiger partial charge in [0.25, 0.3) is 0 Å². The molecule has 0 N–H and O–H groups in total. The number of halogens is 1. The zero-order chi connectivity index (χ0) is 13.9. The maximum absolute atomic E-state index is 13.2. The lowest BCUT2D eigenvalue weighted by atomic mass is 10.2. The van der Waals surface area contributed by atoms with Crippen LogP contribution in [-0.2, 0) is 6.54 Å². The summed E-state index contributed by atoms with van der Waals surface area (Å²) in [5, 5.41) is 18.9. The Labute approximate surface area is 118 Å². The fourth-order valence-corrected chi connectivity index (χ4v) is 2.74. The summed E-state index contributed by atoms with van der Waals surface area (Å²) in [5.74, 6) is -0.291. The van der Waals surface area contributed by atoms with Crippen LogP contribution in [0.4, 0.5) is 4.39 Å². The minimum atomic E-state index is -0.291. The Kier molecular flexibility index (Phi) is 3.27. The first-order valence-electron chi connectivity index (χ1n) is 5.90. The number of rotatable bonds is 3. The molecule has 0 aliphatic carbocycles. The maximum Gasteiger partial charge on any atom is 0.191 e. The van der Waals surface area contributed by atoms with E-state index in [1.807, 2.05) is 29.6 Å². The van der Waals surface area contributed by atoms with Crippen LogP contribution in [0.1, 0.15) is 11.3 Å². The minimum Gasteiger partial charge on any atom is -0.238 e. The van der Waals surface area contributed by atoms with Crippen molar-refractivity contribution in [1.82, 2.24) is 15.0 Å². The third-order valence-corrected chi connectivity index (χ3v) is 3.69. The first-order chi connectivity index (χ1) is 9.78. The molecule has 2 heterocycles. The number of aromatic nitrogens is 3. The van der Waals surface area contributed by atoms with Crippen LogP contribution in [0.2, 0.25) is 0 Å². The molecule has 0 unspecified atom stereocenters. The highest BCUT2D eigenvalue weighted by Crippen LogP contribution is 2.27. The first-order valence-corrected chi connectivity index (χ1v) is 6.78. The summed E-state index contributed by atoms with van der Waals surface area (Å²) in [6, 6.07) is 12.2. The van der Waals surface area contributed by atoms with Crippen molar-refractivity contribution in [3.05, 3.63) is 58.9 Å². The van der Waals surface area contributed by atoms with Crippen molar-refractivity contribution in [2.24, 2.45) is 0 Å². The van der Waals surface area contributed by atoms with Crippen molar-refractivity contribution < 1.29 is 4.39 Å². The molecule has 3 aromatic rings. The molecule has 0 saturated carbocycles. The van der Waals surface area contributed by atoms with Crippen LogP contribution in [0.3, 0.4) is 0 Å². The van der Waals surface area contributed by atoms with E-state index in [0.29, 0.717) is 12.2 Å². The number of hydrogen-bond acceptors (Lipinski definition) is 4. The van der Waals surface area contributed by atoms with Crippen molar-refractivity contribution in [3.63, 3.8) is 0 Å². The molecular formula is C14H9FN4S. The lowest BCUT2D eigenvalue weighted by Crippen LogP contribution is -2.04. The Bertz CT molecular complexity index is 771. The molecule has 0 aliphatic rings. The average molecular weight is 284 g/mol. The van der Waals surface area contributed by atoms with E-state index < -0.39 is 0 Å². The van der Waals surface area contributed by atoms with Crippen LogP contribution in [0.15, 0.2) is 41.8 Å². The van der Waals surface area contributed by atoms with Gasteiger partial charge in [-0.05, 0) is 29.1 Å². The Morgan fingerprint density at radius 2 is 2.20 bits per heavy atom. The summed E-state index contributed by atoms with van der Waals surface area (Å²) in [5.41, 5.74) is 1.73. The van der Waals surface area contributed by atoms with Crippen LogP contribution in [0.25, 0.3) is 10.6 Å². The van der Waals surface area contributed by atoms with Crippen molar-refractivity contribution in [2.75, 3.05) is 0 Å². The van der Waals surface area contributed by atoms with E-state index >= 15 is 0 Å². The number of thiophene rings is 1. The molecular weight excluding hydrogens is 275 g/mol. The quantitative estimate of drug-likeness (QED) is 0.742. The third-order valence-electron chi connectivity index (χ3n) is 2.82. The molecule has 6 heteroatoms. The zero-order valence-corrected chi connectivity index (χ0v) is 11.1. The van der Waals surface area contributed by atoms with Crippen molar-refractivity contribution >= 4 is 11.3 Å². The Balaban J connectivity index is 2.03. The second kappa shape index (κ2) is 5.23. The Morgan fingerprint density at radius 1 is 1.30 bits per heavy atom. The number of nitriles is 1. The molecule has 4 nitrogen and oxygen atoms in total. The van der Waals surface area contributed by atoms with Gasteiger partial charge in [0.05, 0.1) is 11.4 Å². The molecule has 0 bridgehead atoms. The van der Waals surface area contributed by atoms with Crippen LogP contribution in [-0.4, -0.2) is 15.0 Å². The van der Waals surface area contributed by atoms with Crippen LogP contribution in [0.5, 0.6) is 0 Å². The number of nitrogens with zero attached hydrogens (tertiary/aromatic N) is 4. The predicted molar refractivity (Wildman–Crippen MR) is 73.6 cm³/mol. The van der Waals surface area contributed by atoms with Crippen LogP contribution < -0.4 is 0 Å². The maximum atomic E-state index is 13.2. The summed E-state index contributed by atoms with van der Waals surface area (Å²) in [4.78, 5) is 0.919. The zero-order valence-electron chi connectivity index (χ0n) is 10.3. The topological polar surface area (TPSA) is 54.5 Å². The largest absolute Gasteiger partial charge is 0.238 e. The van der Waals surface area contributed by atoms with Gasteiger partial charge in [0.1, 0.15) is 17.6 Å². The monoisotopic (exact) mass is 284 g/mol. The van der Waals surface area contributed by atoms with Gasteiger partial charge in [-0.25, -0.2) is 9.07 Å². The van der Waals surface area contributed by atoms with Crippen molar-refractivity contribution in [3.8, 4) is 16.6 Å². The molecule has 3 rings (SSSR count). The summed E-state index contributed by atoms with van der Waals surface area (Å²) >= 11 is 1.51. The molecule has 1 aromatic carbocycles. The Morgan fingerprint density at radius 3 is 2.90 bits per heavy atom. The fraction of sp³-hybridized carbons (Fsp3) is 0.0714. The molecule has 0 amide bonds. The Hall–Kier alpha value is -2.52. The van der Waals surface area contributed by atoms with Gasteiger partial charge in [0.15, 0.2) is 5.69 Å². The summed E-state index contributed by atoms with van der Waals surface area (Å²) < 4.78 is 14.8. The van der Waals surface area contributed by atoms with E-state index in [9.17, 15) is 4.39 Å². The van der Waals surface area contributed by atoms with E-state index in [0.717, 1.165) is 10.4 Å². The molecule has 0 fully saturated rings. The highest BCUT2D eigenvalue weighted by atomic mass is 32.1. The van der Waals surface area contributed by atoms with Gasteiger partial charge in [-0.15, -0.1) is 16.4 Å². The summed E-state index contributed by atoms with van der Waals surface area (Å²) in [6.07, 6.45) is 0. The van der Waals surface area contributed by atoms with E-state index in [2.05, 4.69) is 10.3 Å². The van der Waals surface area contributed by atoms with Gasteiger partial charge in [0, 0.05) is 0 Å². The smallest absolute Gasteiger partial charge is 0.191 e. The van der Waals surface area contributed by atoms with Gasteiger partial charge < -0.3 is 0 Å². The van der Waals surface area contributed by atoms with Crippen LogP contribution in [0, 0.1) is 17.1 Å². The highest BCUT2D eigenvalue weighted by Gasteiger charge is 2.15. The van der Waals surface area contributed by atoms with E-state index in [-0.39, 0.29) is 11.5 Å². The van der Waals surface area contributed by atoms with E-state index in [1.54, 1.807) is 10.7 Å². The number of hydrogen-bond donors (Lipinski definition) is 0. The molecule has 0 aliphatic heterocycles. The third kappa shape index (κ3) is 2.31. The fourth-order valence-electron chi connectivity index (χ4n) is 1.96. The van der Waals surface area contributed by atoms with Crippen LogP contribution >= 0.6 is 11.3 Å². The molecule has 0 radical (unpaired) electrons. The molecule has 2 aromatic heterocycles. The lowest BCUT2D eigenvalue weighted by Gasteiger charge is -2.05. The summed E-state index contributed by atoms with van der Waals surface area (Å²) in [7, 11) is 0. The second-order valence-corrected chi connectivity index (χ2v) is 5.11. The minimum absolute atomic E-state index is 0.281. The second-order valence-electron chi connectivity index (χ2n) is 4.16. The first kappa shape index (κ1) is 12.5. The molecule has 0 atom stereocenters. The van der Waals surface area contributed by atoms with Gasteiger partial charge in [0.2, 0.25) is 0 Å². The van der Waals surface area contributed by atoms with Crippen molar-refractivity contribution in [2.45, 2.75) is 6.54 Å². The predicted octanol–water partition coefficient (Wildman–Crippen LogP) is 3.07. The average Bonchev–Trinajstić information content (AvgIpc) is 3.07. The SMILES string of the molecule is N#Cc1nnn(Cc2cccc(F)c2)c1-c1cccs1. The van der Waals surface area contributed by atoms with E-state index in [1.165, 1.54) is 23.5 Å². The molecule has 0 spiro atoms. The standard InChI is InChI=1S/C14H9FN4S/c15-11-4-1-3-10(7-11)9-19-14(12(8-16)17-18-19)13-5-2-6-20-13/h1-7H,9H2. The van der Waals surface area contributed by atoms with Crippen molar-refractivity contribution in [1.29, 1.82) is 5.26 Å². The highest BCUT2D eigenvalue weighted by molar-refractivity contribution is 7.13. The molecule has 98 valence electrons. The van der Waals surface area contributed by atoms with Gasteiger partial charge in [-0.3, -0.25) is 0 Å². The van der Waals surface area contributed by atoms with Gasteiger partial charge in [-0.2, -0.15) is 5.26 Å². The lowest BCUT2D eigenvalue weighted by molar-refractivity contribution is 0.615. The molecule has 20 heavy (non-hydrogen) atoms. The summed E-state index contributed by atoms with van der Waals surface area (Å²) in [6.45, 7) is 0.375. The normalized spacial score (nSPS) is 10.4. The molecule has 0 saturated heterocycles. The van der Waals surface area contributed by atoms with Gasteiger partial charge >= 0.3 is 0 Å². The van der Waals surface area contributed by atoms with Gasteiger partial charge in [-0.1, -0.05) is 23.4 Å².